The van der Waals surface area contributed by atoms with E-state index in [1.807, 2.05) is 0 Å². The Morgan fingerprint density at radius 1 is 0.857 bits per heavy atom. The van der Waals surface area contributed by atoms with Crippen LogP contribution in [-0.4, -0.2) is 6.54 Å². The minimum Gasteiger partial charge on any atom is -0.330 e. The lowest BCUT2D eigenvalue weighted by Gasteiger charge is -2.34. The zero-order valence-electron chi connectivity index (χ0n) is 15.4. The molecule has 120 valence electrons. The van der Waals surface area contributed by atoms with Gasteiger partial charge in [-0.1, -0.05) is 73.6 Å². The third kappa shape index (κ3) is 4.85. The van der Waals surface area contributed by atoms with Gasteiger partial charge in [-0.2, -0.15) is 0 Å². The third-order valence-corrected chi connectivity index (χ3v) is 4.20. The van der Waals surface area contributed by atoms with Crippen molar-refractivity contribution in [2.24, 2.45) is 11.1 Å². The Bertz CT molecular complexity index is 470. The van der Waals surface area contributed by atoms with Crippen molar-refractivity contribution < 1.29 is 0 Å². The first-order valence-corrected chi connectivity index (χ1v) is 8.21. The van der Waals surface area contributed by atoms with E-state index in [4.69, 9.17) is 5.73 Å². The van der Waals surface area contributed by atoms with E-state index in [1.165, 1.54) is 16.7 Å². The molecule has 0 aliphatic rings. The van der Waals surface area contributed by atoms with E-state index in [-0.39, 0.29) is 16.2 Å². The van der Waals surface area contributed by atoms with Gasteiger partial charge in [0.1, 0.15) is 0 Å². The van der Waals surface area contributed by atoms with E-state index in [9.17, 15) is 0 Å². The van der Waals surface area contributed by atoms with Gasteiger partial charge in [0.25, 0.3) is 0 Å². The van der Waals surface area contributed by atoms with Crippen LogP contribution in [0.2, 0.25) is 0 Å². The van der Waals surface area contributed by atoms with E-state index < -0.39 is 0 Å². The van der Waals surface area contributed by atoms with Gasteiger partial charge in [-0.05, 0) is 52.3 Å². The molecule has 0 saturated carbocycles. The molecule has 0 atom stereocenters. The molecule has 0 saturated heterocycles. The standard InChI is InChI=1S/C20H35N/c1-18(2,3)16-11-9-10-15(17(16)19(4,5)6)14-20(7,8)12-13-21/h9-11H,12-14,21H2,1-8H3. The summed E-state index contributed by atoms with van der Waals surface area (Å²) in [6.07, 6.45) is 2.16. The summed E-state index contributed by atoms with van der Waals surface area (Å²) in [7, 11) is 0. The summed E-state index contributed by atoms with van der Waals surface area (Å²) in [4.78, 5) is 0. The molecule has 1 heteroatoms. The van der Waals surface area contributed by atoms with Gasteiger partial charge in [-0.15, -0.1) is 0 Å². The van der Waals surface area contributed by atoms with Gasteiger partial charge in [-0.25, -0.2) is 0 Å². The molecule has 0 spiro atoms. The van der Waals surface area contributed by atoms with E-state index in [0.29, 0.717) is 0 Å². The fourth-order valence-electron chi connectivity index (χ4n) is 3.25. The van der Waals surface area contributed by atoms with Gasteiger partial charge in [0.15, 0.2) is 0 Å². The van der Waals surface area contributed by atoms with Crippen LogP contribution in [0.1, 0.15) is 78.5 Å². The van der Waals surface area contributed by atoms with Gasteiger partial charge >= 0.3 is 0 Å². The van der Waals surface area contributed by atoms with Crippen LogP contribution in [0.4, 0.5) is 0 Å². The molecule has 1 aromatic carbocycles. The topological polar surface area (TPSA) is 26.0 Å². The molecule has 1 aromatic rings. The summed E-state index contributed by atoms with van der Waals surface area (Å²) in [6.45, 7) is 19.3. The van der Waals surface area contributed by atoms with Crippen LogP contribution in [0.25, 0.3) is 0 Å². The SMILES string of the molecule is CC(C)(CCN)Cc1cccc(C(C)(C)C)c1C(C)(C)C. The summed E-state index contributed by atoms with van der Waals surface area (Å²) < 4.78 is 0. The van der Waals surface area contributed by atoms with Gasteiger partial charge in [-0.3, -0.25) is 0 Å². The van der Waals surface area contributed by atoms with Crippen LogP contribution < -0.4 is 5.73 Å². The molecule has 0 fully saturated rings. The van der Waals surface area contributed by atoms with Crippen LogP contribution in [-0.2, 0) is 17.3 Å². The highest BCUT2D eigenvalue weighted by atomic mass is 14.5. The number of nitrogens with two attached hydrogens (primary N) is 1. The third-order valence-electron chi connectivity index (χ3n) is 4.20. The zero-order valence-corrected chi connectivity index (χ0v) is 15.4. The quantitative estimate of drug-likeness (QED) is 0.810. The molecule has 1 nitrogen and oxygen atoms in total. The maximum atomic E-state index is 5.79. The predicted octanol–water partition coefficient (Wildman–Crippen LogP) is 5.20. The molecule has 21 heavy (non-hydrogen) atoms. The maximum Gasteiger partial charge on any atom is -0.00721 e. The number of hydrogen-bond acceptors (Lipinski definition) is 1. The fraction of sp³-hybridized carbons (Fsp3) is 0.700. The second kappa shape index (κ2) is 6.12. The highest BCUT2D eigenvalue weighted by molar-refractivity contribution is 5.44. The first-order valence-electron chi connectivity index (χ1n) is 8.21. The molecule has 0 unspecified atom stereocenters. The molecule has 0 heterocycles. The van der Waals surface area contributed by atoms with Crippen molar-refractivity contribution in [3.8, 4) is 0 Å². The van der Waals surface area contributed by atoms with Crippen molar-refractivity contribution in [3.63, 3.8) is 0 Å². The van der Waals surface area contributed by atoms with E-state index in [1.54, 1.807) is 0 Å². The van der Waals surface area contributed by atoms with Crippen LogP contribution in [0, 0.1) is 5.41 Å². The summed E-state index contributed by atoms with van der Waals surface area (Å²) in [5.41, 5.74) is 10.9. The Balaban J connectivity index is 3.40. The second-order valence-electron chi connectivity index (χ2n) is 9.22. The monoisotopic (exact) mass is 289 g/mol. The summed E-state index contributed by atoms with van der Waals surface area (Å²) in [6, 6.07) is 6.85. The largest absolute Gasteiger partial charge is 0.330 e. The Morgan fingerprint density at radius 3 is 1.86 bits per heavy atom. The molecular weight excluding hydrogens is 254 g/mol. The fourth-order valence-corrected chi connectivity index (χ4v) is 3.25. The first-order chi connectivity index (χ1) is 9.38. The average Bonchev–Trinajstić information content (AvgIpc) is 2.24. The van der Waals surface area contributed by atoms with Crippen molar-refractivity contribution in [2.75, 3.05) is 6.54 Å². The first kappa shape index (κ1) is 18.2. The van der Waals surface area contributed by atoms with Crippen molar-refractivity contribution >= 4 is 0 Å². The molecule has 0 bridgehead atoms. The molecule has 0 amide bonds. The van der Waals surface area contributed by atoms with Gasteiger partial charge in [0, 0.05) is 0 Å². The van der Waals surface area contributed by atoms with Crippen molar-refractivity contribution in [1.29, 1.82) is 0 Å². The molecule has 2 N–H and O–H groups in total. The molecular formula is C20H35N. The van der Waals surface area contributed by atoms with Crippen LogP contribution in [0.3, 0.4) is 0 Å². The normalized spacial score (nSPS) is 13.6. The zero-order chi connectivity index (χ0) is 16.5. The molecule has 0 aromatic heterocycles. The lowest BCUT2D eigenvalue weighted by molar-refractivity contribution is 0.335. The second-order valence-corrected chi connectivity index (χ2v) is 9.22. The van der Waals surface area contributed by atoms with Crippen LogP contribution >= 0.6 is 0 Å². The molecule has 1 rings (SSSR count). The van der Waals surface area contributed by atoms with Crippen molar-refractivity contribution in [2.45, 2.75) is 79.1 Å². The predicted molar refractivity (Wildman–Crippen MR) is 95.0 cm³/mol. The highest BCUT2D eigenvalue weighted by Crippen LogP contribution is 2.38. The number of rotatable bonds is 4. The summed E-state index contributed by atoms with van der Waals surface area (Å²) >= 11 is 0. The average molecular weight is 290 g/mol. The van der Waals surface area contributed by atoms with Crippen LogP contribution in [0.15, 0.2) is 18.2 Å². The highest BCUT2D eigenvalue weighted by Gasteiger charge is 2.29. The lowest BCUT2D eigenvalue weighted by Crippen LogP contribution is -2.27. The van der Waals surface area contributed by atoms with E-state index in [0.717, 1.165) is 19.4 Å². The Morgan fingerprint density at radius 2 is 1.43 bits per heavy atom. The van der Waals surface area contributed by atoms with Crippen molar-refractivity contribution in [3.05, 3.63) is 34.9 Å². The summed E-state index contributed by atoms with van der Waals surface area (Å²) in [5, 5.41) is 0. The van der Waals surface area contributed by atoms with Gasteiger partial charge < -0.3 is 5.73 Å². The Hall–Kier alpha value is -0.820. The minimum absolute atomic E-state index is 0.165. The molecule has 0 radical (unpaired) electrons. The minimum atomic E-state index is 0.165. The summed E-state index contributed by atoms with van der Waals surface area (Å²) in [5.74, 6) is 0. The lowest BCUT2D eigenvalue weighted by atomic mass is 9.70. The van der Waals surface area contributed by atoms with Gasteiger partial charge in [0.05, 0.1) is 0 Å². The number of hydrogen-bond donors (Lipinski definition) is 1. The Kier molecular flexibility index (Phi) is 5.31. The van der Waals surface area contributed by atoms with E-state index >= 15 is 0 Å². The van der Waals surface area contributed by atoms with Crippen LogP contribution in [0.5, 0.6) is 0 Å². The van der Waals surface area contributed by atoms with E-state index in [2.05, 4.69) is 73.6 Å². The Labute approximate surface area is 132 Å². The maximum absolute atomic E-state index is 5.79. The molecule has 0 aliphatic carbocycles. The number of benzene rings is 1. The molecule has 0 aliphatic heterocycles. The van der Waals surface area contributed by atoms with Crippen molar-refractivity contribution in [1.82, 2.24) is 0 Å². The van der Waals surface area contributed by atoms with Gasteiger partial charge in [0.2, 0.25) is 0 Å². The smallest absolute Gasteiger partial charge is 0.00721 e.